The molecule has 3 aromatic rings. The number of fused-ring (bicyclic) bond motifs is 1. The van der Waals surface area contributed by atoms with E-state index in [1.54, 1.807) is 26.1 Å². The second-order valence-electron chi connectivity index (χ2n) is 11.5. The zero-order valence-electron chi connectivity index (χ0n) is 25.0. The lowest BCUT2D eigenvalue weighted by molar-refractivity contribution is -0.143. The van der Waals surface area contributed by atoms with Gasteiger partial charge in [0.2, 0.25) is 17.7 Å². The fourth-order valence-corrected chi connectivity index (χ4v) is 4.91. The van der Waals surface area contributed by atoms with Crippen molar-refractivity contribution in [2.75, 3.05) is 31.3 Å². The molecule has 4 rings (SSSR count). The monoisotopic (exact) mass is 597 g/mol. The number of halogens is 2. The largest absolute Gasteiger partial charge is 0.494 e. The molecule has 1 aliphatic heterocycles. The number of nitrogens with one attached hydrogen (secondary N) is 4. The first-order valence-corrected chi connectivity index (χ1v) is 14.0. The minimum absolute atomic E-state index is 0.119. The number of carbonyl (C=O) groups excluding carboxylic acids is 3. The van der Waals surface area contributed by atoms with Crippen LogP contribution in [0.25, 0.3) is 10.9 Å². The first kappa shape index (κ1) is 31.5. The van der Waals surface area contributed by atoms with E-state index in [2.05, 4.69) is 31.2 Å². The predicted octanol–water partition coefficient (Wildman–Crippen LogP) is 3.73. The van der Waals surface area contributed by atoms with Gasteiger partial charge in [0.05, 0.1) is 30.0 Å². The number of likely N-dealkylation sites (N-methyl/N-ethyl adjacent to an activating group) is 1. The van der Waals surface area contributed by atoms with Gasteiger partial charge in [-0.2, -0.15) is 0 Å². The highest BCUT2D eigenvalue weighted by atomic mass is 19.2. The number of aromatic nitrogens is 2. The van der Waals surface area contributed by atoms with Crippen LogP contribution in [0.1, 0.15) is 40.5 Å². The summed E-state index contributed by atoms with van der Waals surface area (Å²) in [6, 6.07) is 4.76. The Kier molecular flexibility index (Phi) is 9.43. The Morgan fingerprint density at radius 3 is 2.53 bits per heavy atom. The maximum atomic E-state index is 14.4. The van der Waals surface area contributed by atoms with Crippen molar-refractivity contribution in [2.45, 2.75) is 58.7 Å². The minimum Gasteiger partial charge on any atom is -0.494 e. The molecule has 4 N–H and O–H groups in total. The van der Waals surface area contributed by atoms with Crippen LogP contribution in [0.4, 0.5) is 26.0 Å². The molecule has 0 radical (unpaired) electrons. The van der Waals surface area contributed by atoms with E-state index in [0.29, 0.717) is 36.0 Å². The molecule has 1 aliphatic rings. The van der Waals surface area contributed by atoms with Crippen molar-refractivity contribution in [1.29, 1.82) is 0 Å². The summed E-state index contributed by atoms with van der Waals surface area (Å²) >= 11 is 0. The summed E-state index contributed by atoms with van der Waals surface area (Å²) in [5.74, 6) is -2.69. The van der Waals surface area contributed by atoms with E-state index < -0.39 is 41.1 Å². The van der Waals surface area contributed by atoms with Crippen LogP contribution in [0.5, 0.6) is 5.75 Å². The number of amides is 3. The van der Waals surface area contributed by atoms with Gasteiger partial charge >= 0.3 is 0 Å². The third-order valence-corrected chi connectivity index (χ3v) is 7.48. The summed E-state index contributed by atoms with van der Waals surface area (Å²) in [7, 11) is 3.10. The standard InChI is InChI=1S/C30H37F2N7O4/c1-16(33-5)27(40)38-25(30(2,3)4)29(42)39-12-8-11-22(39)28(41)37-21-13-17-20(14-23(21)43-6)34-15-35-26(17)36-19-10-7-9-18(31)24(19)32/h7,9-10,13-16,22,25,33H,8,11-12H2,1-6H3,(H,37,41)(H,38,40)(H,34,35,36)/t16-,22-,25+/m0/s1. The van der Waals surface area contributed by atoms with Gasteiger partial charge in [-0.1, -0.05) is 26.8 Å². The first-order chi connectivity index (χ1) is 20.3. The van der Waals surface area contributed by atoms with Gasteiger partial charge in [0.15, 0.2) is 11.6 Å². The Hall–Kier alpha value is -4.39. The lowest BCUT2D eigenvalue weighted by Crippen LogP contribution is -2.59. The molecule has 1 saturated heterocycles. The maximum absolute atomic E-state index is 14.4. The summed E-state index contributed by atoms with van der Waals surface area (Å²) in [5, 5.41) is 11.8. The topological polar surface area (TPSA) is 138 Å². The van der Waals surface area contributed by atoms with E-state index >= 15 is 0 Å². The number of hydrogen-bond donors (Lipinski definition) is 4. The lowest BCUT2D eigenvalue weighted by Gasteiger charge is -2.36. The van der Waals surface area contributed by atoms with Gasteiger partial charge in [0, 0.05) is 18.0 Å². The van der Waals surface area contributed by atoms with Gasteiger partial charge in [-0.15, -0.1) is 0 Å². The molecule has 2 heterocycles. The molecule has 13 heteroatoms. The molecule has 0 aliphatic carbocycles. The Bertz CT molecular complexity index is 1530. The van der Waals surface area contributed by atoms with Crippen LogP contribution in [-0.2, 0) is 14.4 Å². The summed E-state index contributed by atoms with van der Waals surface area (Å²) in [5.41, 5.74) is -0.0245. The number of carbonyl (C=O) groups is 3. The Morgan fingerprint density at radius 2 is 1.86 bits per heavy atom. The van der Waals surface area contributed by atoms with Crippen LogP contribution in [0.2, 0.25) is 0 Å². The van der Waals surface area contributed by atoms with Crippen molar-refractivity contribution < 1.29 is 27.9 Å². The zero-order valence-corrected chi connectivity index (χ0v) is 25.0. The van der Waals surface area contributed by atoms with Gasteiger partial charge in [-0.25, -0.2) is 18.7 Å². The lowest BCUT2D eigenvalue weighted by atomic mass is 9.85. The summed E-state index contributed by atoms with van der Waals surface area (Å²) in [4.78, 5) is 50.0. The molecule has 0 spiro atoms. The fraction of sp³-hybridized carbons (Fsp3) is 0.433. The Morgan fingerprint density at radius 1 is 1.12 bits per heavy atom. The number of benzene rings is 2. The predicted molar refractivity (Wildman–Crippen MR) is 159 cm³/mol. The molecule has 43 heavy (non-hydrogen) atoms. The van der Waals surface area contributed by atoms with Crippen LogP contribution in [0.15, 0.2) is 36.7 Å². The van der Waals surface area contributed by atoms with Crippen molar-refractivity contribution in [1.82, 2.24) is 25.5 Å². The van der Waals surface area contributed by atoms with Gasteiger partial charge in [-0.05, 0) is 50.4 Å². The van der Waals surface area contributed by atoms with E-state index in [4.69, 9.17) is 4.74 Å². The van der Waals surface area contributed by atoms with Crippen LogP contribution in [-0.4, -0.2) is 71.4 Å². The quantitative estimate of drug-likeness (QED) is 0.293. The van der Waals surface area contributed by atoms with E-state index in [-0.39, 0.29) is 29.0 Å². The summed E-state index contributed by atoms with van der Waals surface area (Å²) in [6.45, 7) is 7.62. The maximum Gasteiger partial charge on any atom is 0.247 e. The SMILES string of the molecule is CN[C@@H](C)C(=O)N[C@H](C(=O)N1CCC[C@H]1C(=O)Nc1cc2c(Nc3cccc(F)c3F)ncnc2cc1OC)C(C)(C)C. The Labute approximate surface area is 248 Å². The van der Waals surface area contributed by atoms with Crippen LogP contribution >= 0.6 is 0 Å². The second-order valence-corrected chi connectivity index (χ2v) is 11.5. The van der Waals surface area contributed by atoms with E-state index in [1.165, 1.54) is 30.5 Å². The number of ether oxygens (including phenoxy) is 1. The van der Waals surface area contributed by atoms with E-state index in [0.717, 1.165) is 6.07 Å². The van der Waals surface area contributed by atoms with E-state index in [1.807, 2.05) is 20.8 Å². The molecule has 0 unspecified atom stereocenters. The number of likely N-dealkylation sites (tertiary alicyclic amines) is 1. The Balaban J connectivity index is 1.61. The van der Waals surface area contributed by atoms with Gasteiger partial charge in [-0.3, -0.25) is 14.4 Å². The van der Waals surface area contributed by atoms with Crippen LogP contribution in [0.3, 0.4) is 0 Å². The van der Waals surface area contributed by atoms with Crippen molar-refractivity contribution >= 4 is 45.8 Å². The third-order valence-electron chi connectivity index (χ3n) is 7.48. The molecule has 3 atom stereocenters. The molecule has 1 fully saturated rings. The molecular formula is C30H37F2N7O4. The van der Waals surface area contributed by atoms with Crippen LogP contribution in [0, 0.1) is 17.0 Å². The fourth-order valence-electron chi connectivity index (χ4n) is 4.91. The highest BCUT2D eigenvalue weighted by molar-refractivity contribution is 6.03. The molecule has 0 saturated carbocycles. The van der Waals surface area contributed by atoms with Crippen molar-refractivity contribution in [3.8, 4) is 5.75 Å². The zero-order chi connectivity index (χ0) is 31.5. The summed E-state index contributed by atoms with van der Waals surface area (Å²) < 4.78 is 33.7. The van der Waals surface area contributed by atoms with Crippen molar-refractivity contribution in [2.24, 2.45) is 5.41 Å². The minimum atomic E-state index is -1.06. The average Bonchev–Trinajstić information content (AvgIpc) is 3.47. The molecule has 3 amide bonds. The number of rotatable bonds is 9. The van der Waals surface area contributed by atoms with Crippen LogP contribution < -0.4 is 26.0 Å². The average molecular weight is 598 g/mol. The highest BCUT2D eigenvalue weighted by Gasteiger charge is 2.42. The first-order valence-electron chi connectivity index (χ1n) is 14.0. The molecule has 230 valence electrons. The van der Waals surface area contributed by atoms with Gasteiger partial charge < -0.3 is 30.9 Å². The van der Waals surface area contributed by atoms with Crippen molar-refractivity contribution in [3.05, 3.63) is 48.3 Å². The number of methoxy groups -OCH3 is 1. The molecule has 11 nitrogen and oxygen atoms in total. The molecule has 1 aromatic heterocycles. The number of nitrogens with zero attached hydrogens (tertiary/aromatic N) is 3. The van der Waals surface area contributed by atoms with Gasteiger partial charge in [0.25, 0.3) is 0 Å². The van der Waals surface area contributed by atoms with Gasteiger partial charge in [0.1, 0.15) is 30.0 Å². The van der Waals surface area contributed by atoms with Crippen molar-refractivity contribution in [3.63, 3.8) is 0 Å². The highest BCUT2D eigenvalue weighted by Crippen LogP contribution is 2.34. The smallest absolute Gasteiger partial charge is 0.247 e. The van der Waals surface area contributed by atoms with E-state index in [9.17, 15) is 23.2 Å². The third kappa shape index (κ3) is 6.82. The second kappa shape index (κ2) is 12.9. The molecule has 0 bridgehead atoms. The number of hydrogen-bond acceptors (Lipinski definition) is 8. The number of anilines is 3. The molecule has 2 aromatic carbocycles. The summed E-state index contributed by atoms with van der Waals surface area (Å²) in [6.07, 6.45) is 2.31. The molecular weight excluding hydrogens is 560 g/mol. The normalized spacial score (nSPS) is 16.5.